The normalized spacial score (nSPS) is 17.7. The van der Waals surface area contributed by atoms with E-state index >= 15 is 0 Å². The number of benzene rings is 1. The molecule has 2 heteroatoms. The Kier molecular flexibility index (Phi) is 6.12. The van der Waals surface area contributed by atoms with Gasteiger partial charge in [-0.1, -0.05) is 59.1 Å². The Labute approximate surface area is 125 Å². The van der Waals surface area contributed by atoms with Gasteiger partial charge in [-0.2, -0.15) is 0 Å². The summed E-state index contributed by atoms with van der Waals surface area (Å²) in [7, 11) is 0. The van der Waals surface area contributed by atoms with Crippen LogP contribution in [0.15, 0.2) is 40.4 Å². The molecule has 0 saturated carbocycles. The second-order valence-corrected chi connectivity index (χ2v) is 6.14. The first-order valence-corrected chi connectivity index (χ1v) is 8.26. The number of rotatable bonds is 5. The predicted molar refractivity (Wildman–Crippen MR) is 86.5 cm³/mol. The van der Waals surface area contributed by atoms with Gasteiger partial charge in [0.1, 0.15) is 0 Å². The fourth-order valence-electron chi connectivity index (χ4n) is 2.82. The number of hydrogen-bond donors (Lipinski definition) is 1. The number of nitrogens with one attached hydrogen (secondary N) is 1. The lowest BCUT2D eigenvalue weighted by Crippen LogP contribution is -2.33. The van der Waals surface area contributed by atoms with Crippen LogP contribution in [0.4, 0.5) is 0 Å². The smallest absolute Gasteiger partial charge is 0.0320 e. The molecule has 0 radical (unpaired) electrons. The van der Waals surface area contributed by atoms with Gasteiger partial charge in [-0.3, -0.25) is 0 Å². The minimum atomic E-state index is 0.502. The Morgan fingerprint density at radius 1 is 1.21 bits per heavy atom. The summed E-state index contributed by atoms with van der Waals surface area (Å²) in [4.78, 5) is 0. The van der Waals surface area contributed by atoms with Crippen molar-refractivity contribution in [1.82, 2.24) is 5.32 Å². The van der Waals surface area contributed by atoms with E-state index < -0.39 is 0 Å². The predicted octanol–water partition coefficient (Wildman–Crippen LogP) is 4.86. The van der Waals surface area contributed by atoms with Crippen LogP contribution in [0.25, 0.3) is 0 Å². The zero-order chi connectivity index (χ0) is 13.5. The van der Waals surface area contributed by atoms with Gasteiger partial charge in [-0.05, 0) is 50.3 Å². The molecule has 1 aliphatic carbocycles. The molecule has 0 saturated heterocycles. The van der Waals surface area contributed by atoms with E-state index in [2.05, 4.69) is 58.5 Å². The fraction of sp³-hybridized carbons (Fsp3) is 0.529. The topological polar surface area (TPSA) is 12.0 Å². The lowest BCUT2D eigenvalue weighted by atomic mass is 9.95. The summed E-state index contributed by atoms with van der Waals surface area (Å²) < 4.78 is 1.23. The van der Waals surface area contributed by atoms with Crippen LogP contribution in [0.2, 0.25) is 0 Å². The average molecular weight is 322 g/mol. The van der Waals surface area contributed by atoms with E-state index in [0.29, 0.717) is 6.04 Å². The molecule has 0 aliphatic heterocycles. The summed E-state index contributed by atoms with van der Waals surface area (Å²) >= 11 is 3.67. The van der Waals surface area contributed by atoms with E-state index in [1.54, 1.807) is 5.57 Å². The summed E-state index contributed by atoms with van der Waals surface area (Å²) in [5.41, 5.74) is 3.02. The van der Waals surface area contributed by atoms with Gasteiger partial charge in [0.25, 0.3) is 0 Å². The third-order valence-electron chi connectivity index (χ3n) is 3.86. The molecule has 0 spiro atoms. The molecule has 2 rings (SSSR count). The van der Waals surface area contributed by atoms with Crippen LogP contribution in [0, 0.1) is 0 Å². The molecule has 1 aromatic rings. The number of allylic oxidation sites excluding steroid dienone is 1. The molecule has 1 N–H and O–H groups in total. The quantitative estimate of drug-likeness (QED) is 0.763. The molecular weight excluding hydrogens is 298 g/mol. The fourth-order valence-corrected chi connectivity index (χ4v) is 3.27. The molecule has 0 amide bonds. The van der Waals surface area contributed by atoms with Crippen LogP contribution in [-0.2, 0) is 6.42 Å². The summed E-state index contributed by atoms with van der Waals surface area (Å²) in [5.74, 6) is 0. The van der Waals surface area contributed by atoms with Crippen LogP contribution < -0.4 is 5.32 Å². The van der Waals surface area contributed by atoms with E-state index in [1.807, 2.05) is 0 Å². The summed E-state index contributed by atoms with van der Waals surface area (Å²) in [6, 6.07) is 9.08. The zero-order valence-electron chi connectivity index (χ0n) is 11.8. The second kappa shape index (κ2) is 7.86. The van der Waals surface area contributed by atoms with Crippen molar-refractivity contribution in [2.24, 2.45) is 0 Å². The van der Waals surface area contributed by atoms with Crippen molar-refractivity contribution in [1.29, 1.82) is 0 Å². The largest absolute Gasteiger partial charge is 0.310 e. The van der Waals surface area contributed by atoms with Crippen LogP contribution in [0.1, 0.15) is 44.6 Å². The highest BCUT2D eigenvalue weighted by Gasteiger charge is 2.16. The van der Waals surface area contributed by atoms with Gasteiger partial charge in [0.2, 0.25) is 0 Å². The monoisotopic (exact) mass is 321 g/mol. The molecule has 1 nitrogen and oxygen atoms in total. The SMILES string of the molecule is CCNC(Cc1ccccc1Br)C1=CCCCCC1. The van der Waals surface area contributed by atoms with E-state index in [4.69, 9.17) is 0 Å². The number of halogens is 1. The molecule has 0 heterocycles. The molecule has 1 atom stereocenters. The standard InChI is InChI=1S/C17H24BrN/c1-2-19-17(14-9-5-3-4-6-10-14)13-15-11-7-8-12-16(15)18/h7-9,11-12,17,19H,2-6,10,13H2,1H3. The van der Waals surface area contributed by atoms with E-state index in [9.17, 15) is 0 Å². The molecular formula is C17H24BrN. The first-order chi connectivity index (χ1) is 9.31. The average Bonchev–Trinajstić information content (AvgIpc) is 2.69. The number of hydrogen-bond acceptors (Lipinski definition) is 1. The lowest BCUT2D eigenvalue weighted by Gasteiger charge is -2.22. The third-order valence-corrected chi connectivity index (χ3v) is 4.63. The second-order valence-electron chi connectivity index (χ2n) is 5.28. The van der Waals surface area contributed by atoms with E-state index in [0.717, 1.165) is 13.0 Å². The van der Waals surface area contributed by atoms with Crippen molar-refractivity contribution in [3.63, 3.8) is 0 Å². The van der Waals surface area contributed by atoms with Crippen LogP contribution >= 0.6 is 15.9 Å². The first-order valence-electron chi connectivity index (χ1n) is 7.47. The Morgan fingerprint density at radius 2 is 2.05 bits per heavy atom. The minimum absolute atomic E-state index is 0.502. The van der Waals surface area contributed by atoms with Crippen molar-refractivity contribution in [3.05, 3.63) is 46.0 Å². The van der Waals surface area contributed by atoms with Crippen LogP contribution in [0.5, 0.6) is 0 Å². The van der Waals surface area contributed by atoms with Gasteiger partial charge in [0.15, 0.2) is 0 Å². The van der Waals surface area contributed by atoms with Gasteiger partial charge >= 0.3 is 0 Å². The molecule has 0 aromatic heterocycles. The highest BCUT2D eigenvalue weighted by Crippen LogP contribution is 2.24. The van der Waals surface area contributed by atoms with Crippen LogP contribution in [0.3, 0.4) is 0 Å². The molecule has 1 aliphatic rings. The maximum atomic E-state index is 3.67. The molecule has 19 heavy (non-hydrogen) atoms. The summed E-state index contributed by atoms with van der Waals surface area (Å²) in [5, 5.41) is 3.67. The summed E-state index contributed by atoms with van der Waals surface area (Å²) in [6.45, 7) is 3.23. The lowest BCUT2D eigenvalue weighted by molar-refractivity contribution is 0.561. The Balaban J connectivity index is 2.11. The molecule has 0 fully saturated rings. The molecule has 1 unspecified atom stereocenters. The van der Waals surface area contributed by atoms with Gasteiger partial charge in [0.05, 0.1) is 0 Å². The van der Waals surface area contributed by atoms with Gasteiger partial charge in [0, 0.05) is 10.5 Å². The van der Waals surface area contributed by atoms with Gasteiger partial charge < -0.3 is 5.32 Å². The molecule has 0 bridgehead atoms. The number of likely N-dealkylation sites (N-methyl/N-ethyl adjacent to an activating group) is 1. The minimum Gasteiger partial charge on any atom is -0.310 e. The Morgan fingerprint density at radius 3 is 2.84 bits per heavy atom. The molecule has 104 valence electrons. The first kappa shape index (κ1) is 14.8. The van der Waals surface area contributed by atoms with Crippen LogP contribution in [-0.4, -0.2) is 12.6 Å². The van der Waals surface area contributed by atoms with Crippen molar-refractivity contribution in [3.8, 4) is 0 Å². The van der Waals surface area contributed by atoms with E-state index in [-0.39, 0.29) is 0 Å². The highest BCUT2D eigenvalue weighted by atomic mass is 79.9. The maximum Gasteiger partial charge on any atom is 0.0320 e. The van der Waals surface area contributed by atoms with Gasteiger partial charge in [-0.15, -0.1) is 0 Å². The third kappa shape index (κ3) is 4.47. The Bertz CT molecular complexity index is 425. The van der Waals surface area contributed by atoms with Crippen molar-refractivity contribution >= 4 is 15.9 Å². The maximum absolute atomic E-state index is 3.67. The zero-order valence-corrected chi connectivity index (χ0v) is 13.4. The molecule has 1 aromatic carbocycles. The van der Waals surface area contributed by atoms with Crippen molar-refractivity contribution in [2.75, 3.05) is 6.54 Å². The van der Waals surface area contributed by atoms with Crippen molar-refractivity contribution in [2.45, 2.75) is 51.5 Å². The summed E-state index contributed by atoms with van der Waals surface area (Å²) in [6.07, 6.45) is 10.2. The van der Waals surface area contributed by atoms with Gasteiger partial charge in [-0.25, -0.2) is 0 Å². The Hall–Kier alpha value is -0.600. The van der Waals surface area contributed by atoms with E-state index in [1.165, 1.54) is 42.1 Å². The highest BCUT2D eigenvalue weighted by molar-refractivity contribution is 9.10. The van der Waals surface area contributed by atoms with Crippen molar-refractivity contribution < 1.29 is 0 Å².